The molecule has 0 radical (unpaired) electrons. The first kappa shape index (κ1) is 13.4. The van der Waals surface area contributed by atoms with Crippen molar-refractivity contribution in [3.63, 3.8) is 0 Å². The summed E-state index contributed by atoms with van der Waals surface area (Å²) in [5.41, 5.74) is 0. The summed E-state index contributed by atoms with van der Waals surface area (Å²) in [4.78, 5) is 13.0. The lowest BCUT2D eigenvalue weighted by atomic mass is 10.1. The number of hydrogen-bond donors (Lipinski definition) is 0. The number of alkyl halides is 3. The van der Waals surface area contributed by atoms with Crippen molar-refractivity contribution in [1.29, 1.82) is 0 Å². The lowest BCUT2D eigenvalue weighted by molar-refractivity contribution is -0.174. The molecule has 16 heavy (non-hydrogen) atoms. The van der Waals surface area contributed by atoms with Crippen molar-refractivity contribution < 1.29 is 22.7 Å². The molecule has 0 aliphatic carbocycles. The molecule has 0 atom stereocenters. The van der Waals surface area contributed by atoms with E-state index in [1.54, 1.807) is 0 Å². The first-order chi connectivity index (χ1) is 7.47. The molecular formula is C10H16F3NO2. The Morgan fingerprint density at radius 3 is 2.44 bits per heavy atom. The summed E-state index contributed by atoms with van der Waals surface area (Å²) in [6, 6.07) is 0. The van der Waals surface area contributed by atoms with Crippen molar-refractivity contribution in [3.8, 4) is 0 Å². The van der Waals surface area contributed by atoms with Crippen molar-refractivity contribution in [2.75, 3.05) is 32.8 Å². The first-order valence-corrected chi connectivity index (χ1v) is 5.36. The Hall–Kier alpha value is -0.620. The van der Waals surface area contributed by atoms with E-state index in [9.17, 15) is 18.0 Å². The summed E-state index contributed by atoms with van der Waals surface area (Å²) in [7, 11) is 0. The van der Waals surface area contributed by atoms with E-state index < -0.39 is 12.8 Å². The van der Waals surface area contributed by atoms with Crippen molar-refractivity contribution in [2.45, 2.75) is 25.4 Å². The minimum Gasteiger partial charge on any atom is -0.372 e. The molecule has 3 nitrogen and oxygen atoms in total. The van der Waals surface area contributed by atoms with E-state index in [0.717, 1.165) is 13.1 Å². The number of nitrogens with zero attached hydrogens (tertiary/aromatic N) is 1. The number of carbonyl (C=O) groups is 1. The maximum Gasteiger partial charge on any atom is 0.411 e. The third-order valence-corrected chi connectivity index (χ3v) is 2.44. The van der Waals surface area contributed by atoms with E-state index in [1.807, 2.05) is 0 Å². The third-order valence-electron chi connectivity index (χ3n) is 2.44. The fourth-order valence-corrected chi connectivity index (χ4v) is 1.60. The van der Waals surface area contributed by atoms with Gasteiger partial charge in [0.25, 0.3) is 0 Å². The molecule has 6 heteroatoms. The number of carbonyl (C=O) groups excluding carboxylic acids is 1. The van der Waals surface area contributed by atoms with Crippen LogP contribution in [-0.4, -0.2) is 49.7 Å². The topological polar surface area (TPSA) is 29.5 Å². The van der Waals surface area contributed by atoms with Crippen LogP contribution in [0.15, 0.2) is 0 Å². The highest BCUT2D eigenvalue weighted by Crippen LogP contribution is 2.14. The van der Waals surface area contributed by atoms with Gasteiger partial charge in [-0.2, -0.15) is 13.2 Å². The summed E-state index contributed by atoms with van der Waals surface area (Å²) in [5, 5.41) is 0. The Bertz CT molecular complexity index is 221. The quantitative estimate of drug-likeness (QED) is 0.683. The van der Waals surface area contributed by atoms with Crippen LogP contribution in [-0.2, 0) is 9.53 Å². The average molecular weight is 239 g/mol. The molecule has 0 aromatic carbocycles. The first-order valence-electron chi connectivity index (χ1n) is 5.36. The molecule has 94 valence electrons. The number of hydrogen-bond acceptors (Lipinski definition) is 3. The number of ketones is 1. The Balaban J connectivity index is 1.97. The second kappa shape index (κ2) is 6.20. The normalized spacial score (nSPS) is 19.1. The van der Waals surface area contributed by atoms with Crippen molar-refractivity contribution in [3.05, 3.63) is 0 Å². The van der Waals surface area contributed by atoms with Crippen molar-refractivity contribution in [2.24, 2.45) is 0 Å². The van der Waals surface area contributed by atoms with Gasteiger partial charge in [-0.05, 0) is 6.42 Å². The van der Waals surface area contributed by atoms with E-state index >= 15 is 0 Å². The summed E-state index contributed by atoms with van der Waals surface area (Å²) in [6.07, 6.45) is -2.55. The molecule has 0 bridgehead atoms. The van der Waals surface area contributed by atoms with Gasteiger partial charge in [0, 0.05) is 39.1 Å². The third kappa shape index (κ3) is 6.07. The highest BCUT2D eigenvalue weighted by Gasteiger charge is 2.27. The number of ether oxygens (including phenoxy) is 1. The van der Waals surface area contributed by atoms with E-state index in [0.29, 0.717) is 25.8 Å². The van der Waals surface area contributed by atoms with Crippen LogP contribution < -0.4 is 0 Å². The second-order valence-corrected chi connectivity index (χ2v) is 3.90. The Morgan fingerprint density at radius 2 is 1.88 bits per heavy atom. The van der Waals surface area contributed by atoms with Crippen molar-refractivity contribution in [1.82, 2.24) is 4.90 Å². The minimum atomic E-state index is -4.24. The Kier molecular flexibility index (Phi) is 5.21. The van der Waals surface area contributed by atoms with Crippen LogP contribution in [0.25, 0.3) is 0 Å². The van der Waals surface area contributed by atoms with Crippen LogP contribution in [0.3, 0.4) is 0 Å². The summed E-state index contributed by atoms with van der Waals surface area (Å²) in [6.45, 7) is 1.08. The van der Waals surface area contributed by atoms with Gasteiger partial charge < -0.3 is 9.64 Å². The maximum absolute atomic E-state index is 11.7. The van der Waals surface area contributed by atoms with Gasteiger partial charge in [-0.15, -0.1) is 0 Å². The highest BCUT2D eigenvalue weighted by atomic mass is 19.4. The van der Waals surface area contributed by atoms with Crippen LogP contribution in [0.5, 0.6) is 0 Å². The largest absolute Gasteiger partial charge is 0.411 e. The average Bonchev–Trinajstić information content (AvgIpc) is 2.19. The standard InChI is InChI=1S/C10H16F3NO2/c11-10(12,13)8-16-7-1-4-14-5-2-9(15)3-6-14/h1-8H2. The van der Waals surface area contributed by atoms with Crippen molar-refractivity contribution >= 4 is 5.78 Å². The number of Topliss-reactive ketones (excluding diaryl/α,β-unsaturated/α-hetero) is 1. The van der Waals surface area contributed by atoms with Crippen LogP contribution in [0.4, 0.5) is 13.2 Å². The van der Waals surface area contributed by atoms with Gasteiger partial charge in [-0.1, -0.05) is 0 Å². The molecule has 0 amide bonds. The van der Waals surface area contributed by atoms with Gasteiger partial charge in [0.15, 0.2) is 0 Å². The van der Waals surface area contributed by atoms with Gasteiger partial charge in [0.2, 0.25) is 0 Å². The predicted molar refractivity (Wildman–Crippen MR) is 52.2 cm³/mol. The molecular weight excluding hydrogens is 223 g/mol. The SMILES string of the molecule is O=C1CCN(CCCOCC(F)(F)F)CC1. The van der Waals surface area contributed by atoms with Crippen LogP contribution >= 0.6 is 0 Å². The molecule has 0 spiro atoms. The van der Waals surface area contributed by atoms with E-state index in [-0.39, 0.29) is 12.4 Å². The van der Waals surface area contributed by atoms with Crippen LogP contribution in [0.1, 0.15) is 19.3 Å². The van der Waals surface area contributed by atoms with E-state index in [2.05, 4.69) is 9.64 Å². The fourth-order valence-electron chi connectivity index (χ4n) is 1.60. The van der Waals surface area contributed by atoms with E-state index in [1.165, 1.54) is 0 Å². The summed E-state index contributed by atoms with van der Waals surface area (Å²) < 4.78 is 39.6. The molecule has 0 saturated carbocycles. The molecule has 1 saturated heterocycles. The highest BCUT2D eigenvalue weighted by molar-refractivity contribution is 5.79. The monoisotopic (exact) mass is 239 g/mol. The van der Waals surface area contributed by atoms with E-state index in [4.69, 9.17) is 0 Å². The zero-order valence-electron chi connectivity index (χ0n) is 9.05. The Labute approximate surface area is 92.5 Å². The Morgan fingerprint density at radius 1 is 1.25 bits per heavy atom. The molecule has 0 N–H and O–H groups in total. The molecule has 1 rings (SSSR count). The molecule has 0 aromatic rings. The maximum atomic E-state index is 11.7. The lowest BCUT2D eigenvalue weighted by Gasteiger charge is -2.25. The number of piperidine rings is 1. The zero-order valence-corrected chi connectivity index (χ0v) is 9.05. The van der Waals surface area contributed by atoms with Gasteiger partial charge in [0.1, 0.15) is 12.4 Å². The lowest BCUT2D eigenvalue weighted by Crippen LogP contribution is -2.35. The molecule has 1 heterocycles. The molecule has 0 unspecified atom stereocenters. The molecule has 1 fully saturated rings. The van der Waals surface area contributed by atoms with Gasteiger partial charge >= 0.3 is 6.18 Å². The molecule has 1 aliphatic rings. The summed E-state index contributed by atoms with van der Waals surface area (Å²) >= 11 is 0. The molecule has 0 aromatic heterocycles. The fraction of sp³-hybridized carbons (Fsp3) is 0.900. The number of rotatable bonds is 5. The van der Waals surface area contributed by atoms with Gasteiger partial charge in [-0.25, -0.2) is 0 Å². The zero-order chi connectivity index (χ0) is 12.0. The van der Waals surface area contributed by atoms with Crippen LogP contribution in [0.2, 0.25) is 0 Å². The smallest absolute Gasteiger partial charge is 0.372 e. The van der Waals surface area contributed by atoms with Gasteiger partial charge in [0.05, 0.1) is 0 Å². The minimum absolute atomic E-state index is 0.115. The molecule has 1 aliphatic heterocycles. The van der Waals surface area contributed by atoms with Crippen LogP contribution in [0, 0.1) is 0 Å². The predicted octanol–water partition coefficient (Wildman–Crippen LogP) is 1.62. The van der Waals surface area contributed by atoms with Gasteiger partial charge in [-0.3, -0.25) is 4.79 Å². The number of likely N-dealkylation sites (tertiary alicyclic amines) is 1. The number of halogens is 3. The summed E-state index contributed by atoms with van der Waals surface area (Å²) in [5.74, 6) is 0.268. The second-order valence-electron chi connectivity index (χ2n) is 3.90.